The first-order valence-electron chi connectivity index (χ1n) is 45.2. The van der Waals surface area contributed by atoms with Gasteiger partial charge in [0.05, 0.1) is 116 Å². The number of anilines is 3. The Hall–Kier alpha value is -10.5. The van der Waals surface area contributed by atoms with Crippen LogP contribution in [0.5, 0.6) is 0 Å². The summed E-state index contributed by atoms with van der Waals surface area (Å²) in [6.45, 7) is 35.0. The minimum absolute atomic E-state index is 0.0440. The molecule has 708 valence electrons. The second kappa shape index (κ2) is 38.1. The molecule has 0 spiro atoms. The van der Waals surface area contributed by atoms with E-state index in [0.29, 0.717) is 52.4 Å². The molecule has 32 heteroatoms. The zero-order chi connectivity index (χ0) is 96.9. The number of pyridine rings is 1. The normalized spacial score (nSPS) is 15.9. The van der Waals surface area contributed by atoms with Gasteiger partial charge in [0.2, 0.25) is 0 Å². The molecule has 0 saturated carbocycles. The monoisotopic (exact) mass is 1950 g/mol. The summed E-state index contributed by atoms with van der Waals surface area (Å²) in [5.74, 6) is -0.490. The van der Waals surface area contributed by atoms with E-state index >= 15 is 0 Å². The maximum Gasteiger partial charge on any atom is 0.403 e. The Balaban J connectivity index is 0.000000147. The molecule has 3 saturated heterocycles. The summed E-state index contributed by atoms with van der Waals surface area (Å²) in [6.07, 6.45) is -5.43. The number of likely N-dealkylation sites (N-methyl/N-ethyl adjacent to an activating group) is 2. The molecule has 15 aromatic rings. The summed E-state index contributed by atoms with van der Waals surface area (Å²) in [5.41, 5.74) is 17.6. The number of thiazole rings is 3. The molecule has 3 aliphatic heterocycles. The number of nitrogens with zero attached hydrogens (tertiary/aromatic N) is 15. The molecule has 4 atom stereocenters. The third kappa shape index (κ3) is 20.9. The lowest BCUT2D eigenvalue weighted by Gasteiger charge is -2.39. The van der Waals surface area contributed by atoms with Crippen LogP contribution >= 0.6 is 68.8 Å². The summed E-state index contributed by atoms with van der Waals surface area (Å²) in [6, 6.07) is 43.6. The number of benzene rings is 8. The SMILES string of the molecule is CC(=O)[C@@H](OC(C)(C)C)c1c(C)cc2nc(-c3ccc4c(n3)c(N3CCN(C)CC3)nn4C)sc2c1-c1ccc(Cl)cc1.Cc1cc2nc(-c3ccc4c(c3)c(N3CCN(C(C)C(F)(F)F)CC3)cn4C)sc2c(-c2ccc(Cl)cc2)c1[C@H](OC(C)(C)C)C(=O)O.Cc1cc2nc(-c3ccc4c(c3)c(N3CC[N+](C)(C)CC3)nn4C)sc2c(-c2ccc(Cl)cc2)c1[C@H](OC(C)(C)C)C(=O)[O-]. The third-order valence-electron chi connectivity index (χ3n) is 25.1. The van der Waals surface area contributed by atoms with Crippen molar-refractivity contribution in [3.05, 3.63) is 194 Å². The molecular formula is C103H113Cl3F3N15O8S3. The largest absolute Gasteiger partial charge is 0.547 e. The molecule has 8 aromatic carbocycles. The van der Waals surface area contributed by atoms with Crippen LogP contribution in [0.25, 0.3) is 129 Å². The highest BCUT2D eigenvalue weighted by Gasteiger charge is 2.42. The number of halogens is 6. The van der Waals surface area contributed by atoms with Gasteiger partial charge in [-0.05, 0) is 246 Å². The number of piperazine rings is 3. The fraction of sp³-hybridized carbons (Fsp3) is 0.388. The van der Waals surface area contributed by atoms with E-state index in [1.807, 2.05) is 215 Å². The van der Waals surface area contributed by atoms with Crippen molar-refractivity contribution >= 4 is 167 Å². The predicted molar refractivity (Wildman–Crippen MR) is 541 cm³/mol. The number of carboxylic acids is 2. The number of ether oxygens (including phenoxy) is 3. The van der Waals surface area contributed by atoms with Crippen LogP contribution < -0.4 is 19.8 Å². The van der Waals surface area contributed by atoms with Crippen LogP contribution in [0.2, 0.25) is 15.1 Å². The van der Waals surface area contributed by atoms with Gasteiger partial charge in [-0.25, -0.2) is 24.7 Å². The number of carboxylic acid groups (broad SMARTS) is 2. The number of ketones is 1. The van der Waals surface area contributed by atoms with Crippen molar-refractivity contribution < 1.29 is 56.5 Å². The minimum atomic E-state index is -4.26. The number of carbonyl (C=O) groups excluding carboxylic acids is 2. The smallest absolute Gasteiger partial charge is 0.403 e. The van der Waals surface area contributed by atoms with Gasteiger partial charge in [-0.15, -0.1) is 34.0 Å². The van der Waals surface area contributed by atoms with Gasteiger partial charge < -0.3 is 57.9 Å². The zero-order valence-electron chi connectivity index (χ0n) is 79.7. The summed E-state index contributed by atoms with van der Waals surface area (Å²) >= 11 is 23.4. The van der Waals surface area contributed by atoms with Gasteiger partial charge in [0.1, 0.15) is 38.8 Å². The number of carbonyl (C=O) groups is 3. The maximum absolute atomic E-state index is 13.4. The number of hydrogen-bond donors (Lipinski definition) is 1. The number of aryl methyl sites for hydroxylation is 6. The molecule has 135 heavy (non-hydrogen) atoms. The number of fused-ring (bicyclic) bond motifs is 6. The van der Waals surface area contributed by atoms with E-state index in [2.05, 4.69) is 77.1 Å². The van der Waals surface area contributed by atoms with E-state index in [-0.39, 0.29) is 5.78 Å². The fourth-order valence-corrected chi connectivity index (χ4v) is 21.9. The Morgan fingerprint density at radius 3 is 1.33 bits per heavy atom. The third-order valence-corrected chi connectivity index (χ3v) is 29.3. The Bertz CT molecular complexity index is 7020. The van der Waals surface area contributed by atoms with E-state index in [4.69, 9.17) is 79.1 Å². The molecule has 18 rings (SSSR count). The molecule has 0 bridgehead atoms. The van der Waals surface area contributed by atoms with Crippen molar-refractivity contribution in [1.29, 1.82) is 0 Å². The molecule has 0 aliphatic carbocycles. The lowest BCUT2D eigenvalue weighted by molar-refractivity contribution is -0.890. The highest BCUT2D eigenvalue weighted by atomic mass is 35.5. The maximum atomic E-state index is 13.4. The average Bonchev–Trinajstić information content (AvgIpc) is 1.64. The average molecular weight is 1950 g/mol. The van der Waals surface area contributed by atoms with Crippen molar-refractivity contribution in [1.82, 2.24) is 53.9 Å². The molecule has 1 N–H and O–H groups in total. The Morgan fingerprint density at radius 1 is 0.474 bits per heavy atom. The number of alkyl halides is 3. The first kappa shape index (κ1) is 97.6. The van der Waals surface area contributed by atoms with E-state index in [1.54, 1.807) is 41.7 Å². The lowest BCUT2D eigenvalue weighted by atomic mass is 9.90. The topological polar surface area (TPSA) is 231 Å². The van der Waals surface area contributed by atoms with Gasteiger partial charge >= 0.3 is 12.1 Å². The van der Waals surface area contributed by atoms with Crippen LogP contribution in [0, 0.1) is 20.8 Å². The molecule has 0 amide bonds. The van der Waals surface area contributed by atoms with E-state index in [0.717, 1.165) is 225 Å². The van der Waals surface area contributed by atoms with Gasteiger partial charge in [0.15, 0.2) is 23.5 Å². The summed E-state index contributed by atoms with van der Waals surface area (Å²) in [7, 11) is 12.6. The van der Waals surface area contributed by atoms with Crippen LogP contribution in [0.3, 0.4) is 0 Å². The first-order chi connectivity index (χ1) is 63.6. The molecular weight excluding hydrogens is 1830 g/mol. The highest BCUT2D eigenvalue weighted by Crippen LogP contribution is 2.51. The van der Waals surface area contributed by atoms with Crippen molar-refractivity contribution in [2.75, 3.05) is 114 Å². The quantitative estimate of drug-likeness (QED) is 0.0742. The second-order valence-electron chi connectivity index (χ2n) is 39.1. The summed E-state index contributed by atoms with van der Waals surface area (Å²) in [4.78, 5) is 69.4. The number of hydrogen-bond acceptors (Lipinski definition) is 21. The number of Topliss-reactive ketones (excluding diaryl/α,β-unsaturated/α-hetero) is 1. The minimum Gasteiger partial charge on any atom is -0.547 e. The summed E-state index contributed by atoms with van der Waals surface area (Å²) < 4.78 is 68.4. The van der Waals surface area contributed by atoms with Crippen LogP contribution in [0.15, 0.2) is 146 Å². The van der Waals surface area contributed by atoms with Gasteiger partial charge in [0, 0.05) is 150 Å². The van der Waals surface area contributed by atoms with E-state index in [1.165, 1.54) is 23.2 Å². The Morgan fingerprint density at radius 2 is 0.867 bits per heavy atom. The van der Waals surface area contributed by atoms with Crippen LogP contribution in [-0.4, -0.2) is 210 Å². The van der Waals surface area contributed by atoms with Gasteiger partial charge in [-0.3, -0.25) is 19.1 Å². The van der Waals surface area contributed by atoms with Crippen molar-refractivity contribution in [2.45, 2.75) is 144 Å². The molecule has 23 nitrogen and oxygen atoms in total. The molecule has 0 radical (unpaired) electrons. The zero-order valence-corrected chi connectivity index (χ0v) is 84.4. The van der Waals surface area contributed by atoms with Crippen LogP contribution in [-0.2, 0) is 49.7 Å². The predicted octanol–water partition coefficient (Wildman–Crippen LogP) is 22.1. The van der Waals surface area contributed by atoms with Crippen molar-refractivity contribution in [3.63, 3.8) is 0 Å². The van der Waals surface area contributed by atoms with Crippen LogP contribution in [0.4, 0.5) is 30.5 Å². The standard InChI is InChI=1S/C36H38ClF3N4O3S.C34H38ClN5O3S.C33H37ClN6O2S/c1-20-17-26-32(30(22-7-10-24(37)11-8-22)29(20)31(34(45)46)47-35(3,4)5)48-33(41-26)23-9-12-27-25(18-23)28(19-42(27)6)44-15-13-43(14-16-44)21(2)36(38,39)40;1-20-18-25-30(28(21-8-11-23(35)12-9-21)27(20)29(33(41)42)43-34(2,3)4)44-32(36-25)22-10-13-26-24(19-22)31(37-38(26)5)39-14-16-40(6,7)17-15-39;1-19-18-24-30(27(21-8-10-22(34)11-9-21)26(19)29(20(2)41)42-33(3,4)5)43-32(36-24)23-12-13-25-28(35-23)31(37-39(25)7)40-16-14-38(6)15-17-40/h7-12,17-19,21,31H,13-16H2,1-6H3,(H,45,46);8-13,18-19,29H,14-17H2,1-7H3;8-13,18,29H,14-17H2,1-7H3/t21?,31-;2*29-/m001/s1. The number of quaternary nitrogens is 1. The number of aromatic nitrogens is 9. The van der Waals surface area contributed by atoms with E-state index < -0.39 is 59.3 Å². The molecule has 1 unspecified atom stereocenters. The summed E-state index contributed by atoms with van der Waals surface area (Å²) in [5, 5.41) is 39.1. The Labute approximate surface area is 811 Å². The highest BCUT2D eigenvalue weighted by molar-refractivity contribution is 7.23. The van der Waals surface area contributed by atoms with Crippen LogP contribution in [0.1, 0.15) is 128 Å². The molecule has 3 fully saturated rings. The second-order valence-corrected chi connectivity index (χ2v) is 43.4. The molecule has 10 heterocycles. The fourth-order valence-electron chi connectivity index (χ4n) is 18.2. The Kier molecular flexibility index (Phi) is 27.5. The first-order valence-corrected chi connectivity index (χ1v) is 48.7. The van der Waals surface area contributed by atoms with Gasteiger partial charge in [-0.2, -0.15) is 23.4 Å². The number of rotatable bonds is 19. The van der Waals surface area contributed by atoms with Crippen molar-refractivity contribution in [3.8, 4) is 65.2 Å². The number of aliphatic carboxylic acids is 2. The van der Waals surface area contributed by atoms with Gasteiger partial charge in [0.25, 0.3) is 0 Å². The molecule has 3 aliphatic rings. The van der Waals surface area contributed by atoms with E-state index in [9.17, 15) is 37.8 Å². The van der Waals surface area contributed by atoms with Gasteiger partial charge in [-0.1, -0.05) is 71.2 Å². The molecule has 7 aromatic heterocycles. The van der Waals surface area contributed by atoms with Crippen molar-refractivity contribution in [2.24, 2.45) is 21.1 Å². The lowest BCUT2D eigenvalue weighted by Crippen LogP contribution is -2.55.